The summed E-state index contributed by atoms with van der Waals surface area (Å²) < 4.78 is 27.4. The molecule has 202 valence electrons. The standard InChI is InChI=1S/C28H34FN5O3S/c1-18(2)30-26(35)20-5-9-22(10-6-20)34-25-17-23(33-13-15-38(37)16-14-33)11-12-24(25)31-28(34)32-27(36)19-3-7-21(29)8-4-19/h3-4,7-8,11-12,17-18,20,22H,5-6,9-10,13-16H2,1-2H3,(H,30,35)(H,31,32,36). The first-order chi connectivity index (χ1) is 18.3. The molecule has 1 saturated carbocycles. The molecule has 8 nitrogen and oxygen atoms in total. The van der Waals surface area contributed by atoms with Gasteiger partial charge < -0.3 is 14.8 Å². The lowest BCUT2D eigenvalue weighted by atomic mass is 9.85. The molecular formula is C28H34FN5O3S. The zero-order valence-corrected chi connectivity index (χ0v) is 22.6. The molecule has 1 saturated heterocycles. The minimum atomic E-state index is -0.767. The first kappa shape index (κ1) is 26.3. The van der Waals surface area contributed by atoms with Crippen LogP contribution in [-0.4, -0.2) is 56.2 Å². The summed E-state index contributed by atoms with van der Waals surface area (Å²) in [6.45, 7) is 5.40. The summed E-state index contributed by atoms with van der Waals surface area (Å²) in [7, 11) is -0.767. The lowest BCUT2D eigenvalue weighted by Gasteiger charge is -2.31. The Bertz CT molecular complexity index is 1340. The highest BCUT2D eigenvalue weighted by Crippen LogP contribution is 2.38. The normalized spacial score (nSPS) is 20.6. The van der Waals surface area contributed by atoms with Crippen LogP contribution in [0, 0.1) is 11.7 Å². The summed E-state index contributed by atoms with van der Waals surface area (Å²) in [6.07, 6.45) is 3.08. The molecule has 2 amide bonds. The maximum atomic E-state index is 13.4. The van der Waals surface area contributed by atoms with Crippen LogP contribution in [0.1, 0.15) is 55.9 Å². The van der Waals surface area contributed by atoms with Crippen LogP contribution in [0.15, 0.2) is 42.5 Å². The largest absolute Gasteiger partial charge is 0.370 e. The number of carbonyl (C=O) groups excluding carboxylic acids is 2. The lowest BCUT2D eigenvalue weighted by molar-refractivity contribution is -0.126. The van der Waals surface area contributed by atoms with Crippen LogP contribution in [0.25, 0.3) is 11.0 Å². The molecule has 1 aliphatic heterocycles. The molecule has 0 spiro atoms. The van der Waals surface area contributed by atoms with Crippen LogP contribution in [0.4, 0.5) is 16.0 Å². The predicted molar refractivity (Wildman–Crippen MR) is 148 cm³/mol. The zero-order chi connectivity index (χ0) is 26.8. The Hall–Kier alpha value is -3.27. The number of nitrogens with zero attached hydrogens (tertiary/aromatic N) is 3. The van der Waals surface area contributed by atoms with E-state index in [1.165, 1.54) is 24.3 Å². The third-order valence-electron chi connectivity index (χ3n) is 7.41. The predicted octanol–water partition coefficient (Wildman–Crippen LogP) is 4.25. The van der Waals surface area contributed by atoms with Crippen molar-refractivity contribution in [2.45, 2.75) is 51.6 Å². The number of amides is 2. The Morgan fingerprint density at radius 2 is 1.71 bits per heavy atom. The number of hydrogen-bond donors (Lipinski definition) is 2. The number of benzene rings is 2. The minimum Gasteiger partial charge on any atom is -0.370 e. The topological polar surface area (TPSA) is 96.3 Å². The number of carbonyl (C=O) groups is 2. The Morgan fingerprint density at radius 3 is 2.37 bits per heavy atom. The van der Waals surface area contributed by atoms with Crippen molar-refractivity contribution in [1.82, 2.24) is 14.9 Å². The Morgan fingerprint density at radius 1 is 1.03 bits per heavy atom. The Labute approximate surface area is 224 Å². The first-order valence-electron chi connectivity index (χ1n) is 13.3. The van der Waals surface area contributed by atoms with E-state index in [1.54, 1.807) is 0 Å². The van der Waals surface area contributed by atoms with Crippen molar-refractivity contribution in [3.63, 3.8) is 0 Å². The number of imidazole rings is 1. The highest BCUT2D eigenvalue weighted by Gasteiger charge is 2.30. The minimum absolute atomic E-state index is 0.0227. The van der Waals surface area contributed by atoms with E-state index in [0.717, 1.165) is 55.5 Å². The average Bonchev–Trinajstić information content (AvgIpc) is 3.26. The van der Waals surface area contributed by atoms with Crippen molar-refractivity contribution in [2.24, 2.45) is 5.92 Å². The van der Waals surface area contributed by atoms with Crippen molar-refractivity contribution in [3.05, 3.63) is 53.8 Å². The van der Waals surface area contributed by atoms with Gasteiger partial charge in [0.25, 0.3) is 5.91 Å². The number of anilines is 2. The SMILES string of the molecule is CC(C)NC(=O)C1CCC(n2c(NC(=O)c3ccc(F)cc3)nc3ccc(N4CCS(=O)CC4)cc32)CC1. The van der Waals surface area contributed by atoms with E-state index in [-0.39, 0.29) is 29.8 Å². The number of aromatic nitrogens is 2. The monoisotopic (exact) mass is 539 g/mol. The second kappa shape index (κ2) is 11.2. The van der Waals surface area contributed by atoms with E-state index >= 15 is 0 Å². The third kappa shape index (κ3) is 5.75. The number of nitrogens with one attached hydrogen (secondary N) is 2. The number of hydrogen-bond acceptors (Lipinski definition) is 5. The summed E-state index contributed by atoms with van der Waals surface area (Å²) in [5, 5.41) is 5.98. The molecule has 0 radical (unpaired) electrons. The van der Waals surface area contributed by atoms with Crippen molar-refractivity contribution in [1.29, 1.82) is 0 Å². The summed E-state index contributed by atoms with van der Waals surface area (Å²) in [5.41, 5.74) is 3.07. The van der Waals surface area contributed by atoms with Gasteiger partial charge in [-0.15, -0.1) is 0 Å². The molecule has 5 rings (SSSR count). The van der Waals surface area contributed by atoms with Gasteiger partial charge >= 0.3 is 0 Å². The van der Waals surface area contributed by atoms with E-state index in [4.69, 9.17) is 4.98 Å². The molecule has 2 aromatic carbocycles. The molecule has 3 aromatic rings. The quantitative estimate of drug-likeness (QED) is 0.488. The highest BCUT2D eigenvalue weighted by molar-refractivity contribution is 7.85. The molecule has 2 aliphatic rings. The summed E-state index contributed by atoms with van der Waals surface area (Å²) in [6, 6.07) is 11.7. The Kier molecular flexibility index (Phi) is 7.78. The highest BCUT2D eigenvalue weighted by atomic mass is 32.2. The van der Waals surface area contributed by atoms with Gasteiger partial charge in [-0.2, -0.15) is 0 Å². The van der Waals surface area contributed by atoms with Gasteiger partial charge in [0.15, 0.2) is 0 Å². The molecule has 1 aromatic heterocycles. The van der Waals surface area contributed by atoms with E-state index in [0.29, 0.717) is 23.0 Å². The van der Waals surface area contributed by atoms with E-state index in [9.17, 15) is 18.2 Å². The van der Waals surface area contributed by atoms with Crippen LogP contribution < -0.4 is 15.5 Å². The van der Waals surface area contributed by atoms with Crippen molar-refractivity contribution in [2.75, 3.05) is 34.8 Å². The molecule has 0 unspecified atom stereocenters. The fraction of sp³-hybridized carbons (Fsp3) is 0.464. The van der Waals surface area contributed by atoms with Gasteiger partial charge in [0.05, 0.1) is 11.0 Å². The van der Waals surface area contributed by atoms with Crippen molar-refractivity contribution < 1.29 is 18.2 Å². The third-order valence-corrected chi connectivity index (χ3v) is 8.69. The summed E-state index contributed by atoms with van der Waals surface area (Å²) >= 11 is 0. The summed E-state index contributed by atoms with van der Waals surface area (Å²) in [5.74, 6) is 1.07. The van der Waals surface area contributed by atoms with Crippen LogP contribution in [0.3, 0.4) is 0 Å². The smallest absolute Gasteiger partial charge is 0.257 e. The van der Waals surface area contributed by atoms with Crippen LogP contribution in [0.5, 0.6) is 0 Å². The van der Waals surface area contributed by atoms with Gasteiger partial charge in [-0.1, -0.05) is 0 Å². The molecule has 2 fully saturated rings. The fourth-order valence-electron chi connectivity index (χ4n) is 5.41. The van der Waals surface area contributed by atoms with Gasteiger partial charge in [0.1, 0.15) is 5.82 Å². The molecule has 38 heavy (non-hydrogen) atoms. The maximum Gasteiger partial charge on any atom is 0.257 e. The Balaban J connectivity index is 1.45. The molecular weight excluding hydrogens is 505 g/mol. The average molecular weight is 540 g/mol. The molecule has 0 bridgehead atoms. The van der Waals surface area contributed by atoms with Crippen LogP contribution in [0.2, 0.25) is 0 Å². The van der Waals surface area contributed by atoms with Gasteiger partial charge in [-0.3, -0.25) is 19.1 Å². The number of halogens is 1. The van der Waals surface area contributed by atoms with E-state index < -0.39 is 16.6 Å². The van der Waals surface area contributed by atoms with Gasteiger partial charge in [0.2, 0.25) is 11.9 Å². The molecule has 2 N–H and O–H groups in total. The molecule has 2 heterocycles. The molecule has 10 heteroatoms. The first-order valence-corrected chi connectivity index (χ1v) is 14.8. The van der Waals surface area contributed by atoms with Crippen LogP contribution in [-0.2, 0) is 15.6 Å². The van der Waals surface area contributed by atoms with Crippen molar-refractivity contribution >= 4 is 45.3 Å². The number of fused-ring (bicyclic) bond motifs is 1. The van der Waals surface area contributed by atoms with Gasteiger partial charge in [0, 0.05) is 64.6 Å². The number of rotatable bonds is 6. The summed E-state index contributed by atoms with van der Waals surface area (Å²) in [4.78, 5) is 32.7. The zero-order valence-electron chi connectivity index (χ0n) is 21.8. The van der Waals surface area contributed by atoms with E-state index in [2.05, 4.69) is 26.2 Å². The fourth-order valence-corrected chi connectivity index (χ4v) is 6.46. The lowest BCUT2D eigenvalue weighted by Crippen LogP contribution is -2.37. The second-order valence-electron chi connectivity index (χ2n) is 10.4. The second-order valence-corrected chi connectivity index (χ2v) is 12.1. The van der Waals surface area contributed by atoms with Gasteiger partial charge in [-0.25, -0.2) is 9.37 Å². The maximum absolute atomic E-state index is 13.4. The van der Waals surface area contributed by atoms with Crippen molar-refractivity contribution in [3.8, 4) is 0 Å². The van der Waals surface area contributed by atoms with Crippen LogP contribution >= 0.6 is 0 Å². The molecule has 0 atom stereocenters. The van der Waals surface area contributed by atoms with Gasteiger partial charge in [-0.05, 0) is 82.0 Å². The van der Waals surface area contributed by atoms with E-state index in [1.807, 2.05) is 26.0 Å². The molecule has 1 aliphatic carbocycles.